The molecule has 0 radical (unpaired) electrons. The van der Waals surface area contributed by atoms with Gasteiger partial charge in [0.25, 0.3) is 0 Å². The van der Waals surface area contributed by atoms with Gasteiger partial charge in [-0.1, -0.05) is 353 Å². The molecule has 9 rings (SSSR count). The van der Waals surface area contributed by atoms with E-state index >= 15 is 0 Å². The van der Waals surface area contributed by atoms with Crippen LogP contribution in [0.25, 0.3) is 0 Å². The fourth-order valence-corrected chi connectivity index (χ4v) is 12.2. The first-order chi connectivity index (χ1) is 35.7. The van der Waals surface area contributed by atoms with E-state index in [2.05, 4.69) is 152 Å². The number of hydrogen-bond acceptors (Lipinski definition) is 0. The second kappa shape index (κ2) is 51.8. The predicted octanol–water partition coefficient (Wildman–Crippen LogP) is 28.5. The van der Waals surface area contributed by atoms with Crippen LogP contribution in [0.15, 0.2) is 0 Å². The molecule has 0 spiro atoms. The quantitative estimate of drug-likeness (QED) is 0.263. The minimum Gasteiger partial charge on any atom is -0.0683 e. The highest BCUT2D eigenvalue weighted by Gasteiger charge is 2.38. The minimum absolute atomic E-state index is 0.500. The van der Waals surface area contributed by atoms with Crippen molar-refractivity contribution in [2.45, 2.75) is 405 Å². The maximum Gasteiger partial charge on any atom is -0.0354 e. The normalized spacial score (nSPS) is 25.9. The van der Waals surface area contributed by atoms with E-state index in [1.54, 1.807) is 51.4 Å². The minimum atomic E-state index is 0.500. The SMILES string of the molecule is CC.CC.CC(C)(C)C.CC(C)C.CC1(C)CCCC1.CC1CCCC1.CC1CCCCC1.CCC(C)(C)C.CCC(C)C.CCC1CC2CCC1C2.CCC1CCCC1.CCC1CCCCC1.C[C@H]1CC2CCC1C2. The third kappa shape index (κ3) is 55.9. The van der Waals surface area contributed by atoms with E-state index in [4.69, 9.17) is 0 Å². The summed E-state index contributed by atoms with van der Waals surface area (Å²) in [6, 6.07) is 0. The lowest BCUT2D eigenvalue weighted by molar-refractivity contribution is 0.324. The Hall–Kier alpha value is 0. The Morgan fingerprint density at radius 3 is 0.842 bits per heavy atom. The first-order valence-corrected chi connectivity index (χ1v) is 35.7. The zero-order chi connectivity index (χ0) is 59.2. The van der Waals surface area contributed by atoms with E-state index < -0.39 is 0 Å². The summed E-state index contributed by atoms with van der Waals surface area (Å²) in [5.74, 6) is 12.8. The molecule has 9 saturated carbocycles. The summed E-state index contributed by atoms with van der Waals surface area (Å²) in [5.41, 5.74) is 1.74. The van der Waals surface area contributed by atoms with Crippen molar-refractivity contribution in [3.8, 4) is 0 Å². The smallest absolute Gasteiger partial charge is 0.0354 e. The van der Waals surface area contributed by atoms with Crippen LogP contribution >= 0.6 is 0 Å². The lowest BCUT2D eigenvalue weighted by atomic mass is 9.87. The second-order valence-corrected chi connectivity index (χ2v) is 30.9. The molecule has 0 aliphatic heterocycles. The Labute approximate surface area is 489 Å². The first kappa shape index (κ1) is 82.5. The number of rotatable bonds is 4. The molecule has 0 amide bonds. The monoisotopic (exact) mass is 1070 g/mol. The van der Waals surface area contributed by atoms with Crippen LogP contribution in [0.4, 0.5) is 0 Å². The van der Waals surface area contributed by atoms with Crippen molar-refractivity contribution in [2.75, 3.05) is 0 Å². The summed E-state index contributed by atoms with van der Waals surface area (Å²) < 4.78 is 0. The molecule has 0 saturated heterocycles. The van der Waals surface area contributed by atoms with Gasteiger partial charge in [-0.05, 0) is 139 Å². The van der Waals surface area contributed by atoms with Gasteiger partial charge in [0.05, 0.1) is 0 Å². The fourth-order valence-electron chi connectivity index (χ4n) is 12.2. The Balaban J connectivity index is -0.000000375. The molecule has 5 unspecified atom stereocenters. The average molecular weight is 1070 g/mol. The molecule has 9 aliphatic carbocycles. The largest absolute Gasteiger partial charge is 0.0683 e. The van der Waals surface area contributed by atoms with Gasteiger partial charge < -0.3 is 0 Å². The molecule has 4 bridgehead atoms. The molecule has 6 atom stereocenters. The van der Waals surface area contributed by atoms with Crippen LogP contribution in [0, 0.1) is 87.3 Å². The topological polar surface area (TPSA) is 0 Å². The second-order valence-electron chi connectivity index (χ2n) is 30.9. The van der Waals surface area contributed by atoms with Crippen molar-refractivity contribution >= 4 is 0 Å². The van der Waals surface area contributed by atoms with E-state index in [1.807, 2.05) is 27.7 Å². The van der Waals surface area contributed by atoms with Crippen molar-refractivity contribution < 1.29 is 0 Å². The van der Waals surface area contributed by atoms with E-state index in [1.165, 1.54) is 173 Å². The van der Waals surface area contributed by atoms with Crippen molar-refractivity contribution in [3.63, 3.8) is 0 Å². The van der Waals surface area contributed by atoms with Gasteiger partial charge in [-0.25, -0.2) is 0 Å². The third-order valence-corrected chi connectivity index (χ3v) is 18.2. The van der Waals surface area contributed by atoms with Crippen LogP contribution < -0.4 is 0 Å². The molecular formula is C76H160. The zero-order valence-corrected chi connectivity index (χ0v) is 59.2. The van der Waals surface area contributed by atoms with Gasteiger partial charge in [-0.15, -0.1) is 0 Å². The molecule has 0 nitrogen and oxygen atoms in total. The van der Waals surface area contributed by atoms with Crippen LogP contribution in [-0.2, 0) is 0 Å². The molecule has 0 heteroatoms. The predicted molar refractivity (Wildman–Crippen MR) is 358 cm³/mol. The molecule has 464 valence electrons. The van der Waals surface area contributed by atoms with Crippen molar-refractivity contribution in [3.05, 3.63) is 0 Å². The van der Waals surface area contributed by atoms with Gasteiger partial charge in [0.1, 0.15) is 0 Å². The van der Waals surface area contributed by atoms with Crippen LogP contribution in [0.5, 0.6) is 0 Å². The highest BCUT2D eigenvalue weighted by Crippen LogP contribution is 2.49. The third-order valence-electron chi connectivity index (χ3n) is 18.2. The lowest BCUT2D eigenvalue weighted by Crippen LogP contribution is -2.08. The van der Waals surface area contributed by atoms with Crippen molar-refractivity contribution in [1.29, 1.82) is 0 Å². The molecule has 9 fully saturated rings. The Morgan fingerprint density at radius 1 is 0.408 bits per heavy atom. The zero-order valence-electron chi connectivity index (χ0n) is 59.2. The summed E-state index contributed by atoms with van der Waals surface area (Å²) in [6.07, 6.45) is 52.1. The molecule has 9 aliphatic rings. The number of fused-ring (bicyclic) bond motifs is 4. The van der Waals surface area contributed by atoms with E-state index in [-0.39, 0.29) is 0 Å². The molecule has 0 heterocycles. The van der Waals surface area contributed by atoms with Gasteiger partial charge in [-0.3, -0.25) is 0 Å². The van der Waals surface area contributed by atoms with Gasteiger partial charge in [0, 0.05) is 0 Å². The highest BCUT2D eigenvalue weighted by atomic mass is 14.4. The van der Waals surface area contributed by atoms with Gasteiger partial charge in [0.15, 0.2) is 0 Å². The number of hydrogen-bond donors (Lipinski definition) is 0. The summed E-state index contributed by atoms with van der Waals surface area (Å²) in [7, 11) is 0. The maximum absolute atomic E-state index is 2.42. The molecule has 0 aromatic rings. The lowest BCUT2D eigenvalue weighted by Gasteiger charge is -2.18. The summed E-state index contributed by atoms with van der Waals surface area (Å²) in [5, 5.41) is 0. The molecule has 76 heavy (non-hydrogen) atoms. The van der Waals surface area contributed by atoms with Gasteiger partial charge in [0.2, 0.25) is 0 Å². The maximum atomic E-state index is 2.42. The Kier molecular flexibility index (Phi) is 56.3. The summed E-state index contributed by atoms with van der Waals surface area (Å²) in [4.78, 5) is 0. The van der Waals surface area contributed by atoms with Crippen molar-refractivity contribution in [1.82, 2.24) is 0 Å². The van der Waals surface area contributed by atoms with Gasteiger partial charge >= 0.3 is 0 Å². The summed E-state index contributed by atoms with van der Waals surface area (Å²) >= 11 is 0. The molecular weight excluding hydrogens is 913 g/mol. The Morgan fingerprint density at radius 2 is 0.711 bits per heavy atom. The van der Waals surface area contributed by atoms with Crippen LogP contribution in [-0.4, -0.2) is 0 Å². The highest BCUT2D eigenvalue weighted by molar-refractivity contribution is 4.89. The van der Waals surface area contributed by atoms with Crippen LogP contribution in [0.1, 0.15) is 405 Å². The fraction of sp³-hybridized carbons (Fsp3) is 1.00. The van der Waals surface area contributed by atoms with E-state index in [9.17, 15) is 0 Å². The van der Waals surface area contributed by atoms with Crippen LogP contribution in [0.2, 0.25) is 0 Å². The Bertz CT molecular complexity index is 1080. The molecule has 0 N–H and O–H groups in total. The van der Waals surface area contributed by atoms with E-state index in [0.29, 0.717) is 16.2 Å². The molecule has 0 aromatic heterocycles. The van der Waals surface area contributed by atoms with Crippen molar-refractivity contribution in [2.24, 2.45) is 87.3 Å². The summed E-state index contributed by atoms with van der Waals surface area (Å²) in [6.45, 7) is 57.6. The average Bonchev–Trinajstić information content (AvgIpc) is 4.27. The van der Waals surface area contributed by atoms with Crippen LogP contribution in [0.3, 0.4) is 0 Å². The molecule has 0 aromatic carbocycles. The standard InChI is InChI=1S/C9H16.C8H14.C8H16.3C7H14.C6H12.C6H14.2C5H12.C4H10.2C2H6/c1-2-8-5-7-3-4-9(8)6-7;1-6-4-7-2-3-8(6)5-7;1-2-8-6-4-3-5-7-8;1-7(2)5-3-4-6-7;1-7-5-3-2-4-6-7;1-2-7-5-3-4-6-7;1-6-4-2-3-5-6;1-5-6(2,3)4;1-5(2,3)4;1-4-5(2)3;1-4(2)3;2*1-2/h7-9H,2-6H2,1H3;6-8H,2-5H2,1H3;8H,2-7H2,1H3;3-6H2,1-2H3;2*7H,2-6H2,1H3;6H,2-5H2,1H3;5H2,1-4H3;1-4H3;5H,4H2,1-3H3;4H,1-3H3;2*1-2H3/t;6-,7?,8?;;;;;;;;;;;/m.0.........../s1. The van der Waals surface area contributed by atoms with Gasteiger partial charge in [-0.2, -0.15) is 0 Å². The first-order valence-electron chi connectivity index (χ1n) is 35.7. The van der Waals surface area contributed by atoms with E-state index in [0.717, 1.165) is 71.0 Å².